The lowest BCUT2D eigenvalue weighted by Crippen LogP contribution is -2.30. The molecule has 0 N–H and O–H groups in total. The molecule has 154 valence electrons. The fourth-order valence-corrected chi connectivity index (χ4v) is 5.88. The molecular weight excluding hydrogens is 398 g/mol. The van der Waals surface area contributed by atoms with Crippen LogP contribution in [0.15, 0.2) is 52.3 Å². The average Bonchev–Trinajstić information content (AvgIpc) is 3.50. The van der Waals surface area contributed by atoms with Gasteiger partial charge in [0, 0.05) is 17.2 Å². The molecule has 1 aliphatic carbocycles. The van der Waals surface area contributed by atoms with Crippen LogP contribution in [0.3, 0.4) is 0 Å². The van der Waals surface area contributed by atoms with Gasteiger partial charge in [-0.05, 0) is 53.3 Å². The normalized spacial score (nSPS) is 17.7. The lowest BCUT2D eigenvalue weighted by Gasteiger charge is -2.18. The Morgan fingerprint density at radius 3 is 2.57 bits per heavy atom. The number of ether oxygens (including phenoxy) is 2. The summed E-state index contributed by atoms with van der Waals surface area (Å²) < 4.78 is 12.1. The van der Waals surface area contributed by atoms with E-state index in [-0.39, 0.29) is 11.5 Å². The van der Waals surface area contributed by atoms with Gasteiger partial charge in [0.1, 0.15) is 11.8 Å². The summed E-state index contributed by atoms with van der Waals surface area (Å²) in [5, 5.41) is 3.16. The molecule has 0 spiro atoms. The number of hydrogen-bond acceptors (Lipinski definition) is 5. The van der Waals surface area contributed by atoms with Crippen molar-refractivity contribution in [1.29, 1.82) is 0 Å². The zero-order chi connectivity index (χ0) is 20.8. The Kier molecular flexibility index (Phi) is 4.82. The van der Waals surface area contributed by atoms with E-state index in [1.807, 2.05) is 18.2 Å². The molecule has 1 saturated carbocycles. The van der Waals surface area contributed by atoms with Gasteiger partial charge in [-0.1, -0.05) is 30.3 Å². The Hall–Kier alpha value is -2.73. The van der Waals surface area contributed by atoms with E-state index in [1.54, 1.807) is 29.5 Å². The summed E-state index contributed by atoms with van der Waals surface area (Å²) in [6, 6.07) is 13.5. The van der Waals surface area contributed by atoms with Gasteiger partial charge in [-0.25, -0.2) is 4.79 Å². The summed E-state index contributed by atoms with van der Waals surface area (Å²) in [6.07, 6.45) is 2.94. The van der Waals surface area contributed by atoms with Crippen molar-refractivity contribution >= 4 is 28.5 Å². The van der Waals surface area contributed by atoms with Gasteiger partial charge in [-0.3, -0.25) is 9.36 Å². The van der Waals surface area contributed by atoms with Gasteiger partial charge in [-0.2, -0.15) is 0 Å². The highest BCUT2D eigenvalue weighted by atomic mass is 32.2. The summed E-state index contributed by atoms with van der Waals surface area (Å²) in [5.74, 6) is 1.52. The molecule has 0 saturated heterocycles. The third kappa shape index (κ3) is 3.10. The largest absolute Gasteiger partial charge is 0.496 e. The van der Waals surface area contributed by atoms with Crippen molar-refractivity contribution < 1.29 is 14.3 Å². The number of carbonyl (C=O) groups excluding carboxylic acids is 1. The second-order valence-corrected chi connectivity index (χ2v) is 8.88. The van der Waals surface area contributed by atoms with E-state index in [9.17, 15) is 9.59 Å². The highest BCUT2D eigenvalue weighted by molar-refractivity contribution is 7.99. The molecular formula is C24H23NO4S. The van der Waals surface area contributed by atoms with Crippen LogP contribution < -0.4 is 10.3 Å². The van der Waals surface area contributed by atoms with Crippen molar-refractivity contribution in [2.45, 2.75) is 36.2 Å². The van der Waals surface area contributed by atoms with Crippen molar-refractivity contribution in [1.82, 2.24) is 4.57 Å². The van der Waals surface area contributed by atoms with Crippen LogP contribution in [-0.2, 0) is 16.0 Å². The number of esters is 1. The van der Waals surface area contributed by atoms with Crippen molar-refractivity contribution in [2.24, 2.45) is 0 Å². The molecule has 30 heavy (non-hydrogen) atoms. The monoisotopic (exact) mass is 421 g/mol. The molecule has 1 fully saturated rings. The van der Waals surface area contributed by atoms with Crippen molar-refractivity contribution in [3.05, 3.63) is 69.5 Å². The Morgan fingerprint density at radius 2 is 1.87 bits per heavy atom. The molecule has 2 aromatic carbocycles. The zero-order valence-corrected chi connectivity index (χ0v) is 17.8. The molecule has 0 bridgehead atoms. The van der Waals surface area contributed by atoms with Gasteiger partial charge in [0.05, 0.1) is 19.2 Å². The van der Waals surface area contributed by atoms with Crippen LogP contribution >= 0.6 is 11.8 Å². The molecule has 1 aliphatic heterocycles. The molecule has 6 heteroatoms. The van der Waals surface area contributed by atoms with Crippen LogP contribution in [0.4, 0.5) is 0 Å². The Bertz CT molecular complexity index is 1210. The Balaban J connectivity index is 1.64. The minimum atomic E-state index is -0.532. The summed E-state index contributed by atoms with van der Waals surface area (Å²) in [4.78, 5) is 25.2. The highest BCUT2D eigenvalue weighted by Gasteiger charge is 2.38. The molecule has 1 aromatic heterocycles. The first kappa shape index (κ1) is 19.2. The van der Waals surface area contributed by atoms with E-state index in [0.717, 1.165) is 40.0 Å². The molecule has 0 unspecified atom stereocenters. The second kappa shape index (κ2) is 7.51. The lowest BCUT2D eigenvalue weighted by atomic mass is 9.94. The number of benzene rings is 2. The maximum Gasteiger partial charge on any atom is 0.329 e. The topological polar surface area (TPSA) is 57.5 Å². The first-order chi connectivity index (χ1) is 14.6. The summed E-state index contributed by atoms with van der Waals surface area (Å²) in [5.41, 5.74) is 3.36. The third-order valence-corrected chi connectivity index (χ3v) is 7.23. The van der Waals surface area contributed by atoms with Crippen LogP contribution in [0.1, 0.15) is 41.5 Å². The van der Waals surface area contributed by atoms with Crippen LogP contribution in [0.25, 0.3) is 10.8 Å². The highest BCUT2D eigenvalue weighted by Crippen LogP contribution is 2.49. The minimum Gasteiger partial charge on any atom is -0.496 e. The lowest BCUT2D eigenvalue weighted by molar-refractivity contribution is -0.143. The van der Waals surface area contributed by atoms with E-state index in [0.29, 0.717) is 18.1 Å². The average molecular weight is 422 g/mol. The quantitative estimate of drug-likeness (QED) is 0.575. The second-order valence-electron chi connectivity index (χ2n) is 7.87. The first-order valence-electron chi connectivity index (χ1n) is 10.2. The molecule has 0 amide bonds. The van der Waals surface area contributed by atoms with Crippen molar-refractivity contribution in [3.8, 4) is 5.75 Å². The molecule has 5 rings (SSSR count). The number of hydrogen-bond donors (Lipinski definition) is 0. The van der Waals surface area contributed by atoms with Gasteiger partial charge in [-0.15, -0.1) is 11.8 Å². The number of nitrogens with zero attached hydrogens (tertiary/aromatic N) is 1. The Morgan fingerprint density at radius 1 is 1.10 bits per heavy atom. The number of rotatable bonds is 5. The molecule has 2 heterocycles. The molecule has 3 aromatic rings. The molecule has 2 aliphatic rings. The summed E-state index contributed by atoms with van der Waals surface area (Å²) in [6.45, 7) is 0. The van der Waals surface area contributed by atoms with E-state index < -0.39 is 6.04 Å². The molecule has 0 radical (unpaired) electrons. The van der Waals surface area contributed by atoms with E-state index in [1.165, 1.54) is 18.2 Å². The van der Waals surface area contributed by atoms with Crippen molar-refractivity contribution in [2.75, 3.05) is 20.0 Å². The number of carbonyl (C=O) groups is 1. The van der Waals surface area contributed by atoms with Crippen LogP contribution in [0.2, 0.25) is 0 Å². The fraction of sp³-hybridized carbons (Fsp3) is 0.333. The van der Waals surface area contributed by atoms with Gasteiger partial charge < -0.3 is 9.47 Å². The predicted octanol–water partition coefficient (Wildman–Crippen LogP) is 4.30. The first-order valence-corrected chi connectivity index (χ1v) is 11.1. The van der Waals surface area contributed by atoms with Gasteiger partial charge in [0.25, 0.3) is 5.56 Å². The maximum absolute atomic E-state index is 13.0. The zero-order valence-electron chi connectivity index (χ0n) is 17.0. The number of methoxy groups -OCH3 is 2. The number of aromatic nitrogens is 1. The molecule has 5 nitrogen and oxygen atoms in total. The molecule has 1 atom stereocenters. The van der Waals surface area contributed by atoms with Crippen molar-refractivity contribution in [3.63, 3.8) is 0 Å². The summed E-state index contributed by atoms with van der Waals surface area (Å²) in [7, 11) is 3.06. The minimum absolute atomic E-state index is 0.123. The van der Waals surface area contributed by atoms with E-state index in [4.69, 9.17) is 9.47 Å². The van der Waals surface area contributed by atoms with Gasteiger partial charge in [0.15, 0.2) is 0 Å². The van der Waals surface area contributed by atoms with Crippen LogP contribution in [-0.4, -0.2) is 30.5 Å². The smallest absolute Gasteiger partial charge is 0.329 e. The third-order valence-electron chi connectivity index (χ3n) is 6.05. The number of thioether (sulfide) groups is 1. The summed E-state index contributed by atoms with van der Waals surface area (Å²) >= 11 is 1.61. The van der Waals surface area contributed by atoms with Crippen LogP contribution in [0.5, 0.6) is 5.75 Å². The fourth-order valence-electron chi connectivity index (χ4n) is 4.47. The maximum atomic E-state index is 13.0. The number of pyridine rings is 1. The SMILES string of the molecule is COC(=O)[C@@H]1CSc2c(C3CC3)c(Cc3ccc(OC)c4ccccc34)cc(=O)n21. The standard InChI is InChI=1S/C24H23NO4S/c1-28-20-10-9-15(17-5-3-4-6-18(17)20)11-16-12-21(26)25-19(24(27)29-2)13-30-23(25)22(16)14-7-8-14/h3-6,9-10,12,14,19H,7-8,11,13H2,1-2H3/t19-/m0/s1. The van der Waals surface area contributed by atoms with Crippen LogP contribution in [0, 0.1) is 0 Å². The Labute approximate surface area is 179 Å². The predicted molar refractivity (Wildman–Crippen MR) is 118 cm³/mol. The number of fused-ring (bicyclic) bond motifs is 2. The van der Waals surface area contributed by atoms with Gasteiger partial charge in [0.2, 0.25) is 0 Å². The van der Waals surface area contributed by atoms with E-state index >= 15 is 0 Å². The van der Waals surface area contributed by atoms with Gasteiger partial charge >= 0.3 is 5.97 Å². The van der Waals surface area contributed by atoms with E-state index in [2.05, 4.69) is 18.2 Å².